The molecule has 2 heterocycles. The Labute approximate surface area is 231 Å². The van der Waals surface area contributed by atoms with Crippen LogP contribution in [0.15, 0.2) is 72.8 Å². The number of hydrogen-bond donors (Lipinski definition) is 2. The zero-order valence-corrected chi connectivity index (χ0v) is 22.5. The van der Waals surface area contributed by atoms with Gasteiger partial charge in [-0.1, -0.05) is 72.8 Å². The molecule has 0 saturated carbocycles. The Kier molecular flexibility index (Phi) is 10.7. The Morgan fingerprint density at radius 1 is 0.949 bits per heavy atom. The topological polar surface area (TPSA) is 95.9 Å². The minimum atomic E-state index is -0.631. The summed E-state index contributed by atoms with van der Waals surface area (Å²) in [6, 6.07) is 19.3. The fourth-order valence-corrected chi connectivity index (χ4v) is 5.50. The summed E-state index contributed by atoms with van der Waals surface area (Å²) in [5.74, 6) is -1.41. The monoisotopic (exact) mass is 532 g/mol. The first-order valence-electron chi connectivity index (χ1n) is 14.2. The molecule has 0 spiro atoms. The number of hydrogen-bond acceptors (Lipinski definition) is 5. The van der Waals surface area contributed by atoms with Gasteiger partial charge in [0.25, 0.3) is 0 Å². The Morgan fingerprint density at radius 2 is 1.69 bits per heavy atom. The van der Waals surface area contributed by atoms with E-state index in [1.807, 2.05) is 72.8 Å². The number of benzene rings is 2. The van der Waals surface area contributed by atoms with E-state index in [4.69, 9.17) is 4.74 Å². The maximum absolute atomic E-state index is 13.4. The lowest BCUT2D eigenvalue weighted by Gasteiger charge is -2.26. The number of carbonyl (C=O) groups is 3. The Hall–Kier alpha value is -3.45. The molecule has 1 saturated heterocycles. The quantitative estimate of drug-likeness (QED) is 0.426. The van der Waals surface area contributed by atoms with E-state index in [-0.39, 0.29) is 49.3 Å². The van der Waals surface area contributed by atoms with Crippen molar-refractivity contribution in [3.8, 4) is 0 Å². The molecule has 0 aromatic heterocycles. The van der Waals surface area contributed by atoms with Crippen LogP contribution in [0.5, 0.6) is 0 Å². The SMILES string of the molecule is O=C1NCC(c2ccccc2)OC(=O)C(Cc2ccccc2)CCCC=CCC1CC(=O)N1CCCC1CO. The summed E-state index contributed by atoms with van der Waals surface area (Å²) in [6.07, 6.45) is 8.49. The van der Waals surface area contributed by atoms with Crippen LogP contribution in [0.3, 0.4) is 0 Å². The molecule has 4 atom stereocenters. The van der Waals surface area contributed by atoms with Gasteiger partial charge in [0, 0.05) is 13.0 Å². The largest absolute Gasteiger partial charge is 0.455 e. The van der Waals surface area contributed by atoms with Gasteiger partial charge >= 0.3 is 5.97 Å². The van der Waals surface area contributed by atoms with E-state index in [0.29, 0.717) is 25.8 Å². The fourth-order valence-electron chi connectivity index (χ4n) is 5.50. The first-order valence-corrected chi connectivity index (χ1v) is 14.2. The Balaban J connectivity index is 1.51. The van der Waals surface area contributed by atoms with Gasteiger partial charge in [-0.05, 0) is 56.1 Å². The van der Waals surface area contributed by atoms with Crippen molar-refractivity contribution in [2.45, 2.75) is 63.5 Å². The van der Waals surface area contributed by atoms with Crippen LogP contribution >= 0.6 is 0 Å². The predicted molar refractivity (Wildman–Crippen MR) is 149 cm³/mol. The average molecular weight is 533 g/mol. The number of aliphatic hydroxyl groups is 1. The summed E-state index contributed by atoms with van der Waals surface area (Å²) in [4.78, 5) is 41.6. The standard InChI is InChI=1S/C32H40N2O5/c35-23-28-18-11-19-34(28)30(36)21-26-16-7-1-2-8-17-27(20-24-12-5-3-6-13-24)32(38)39-29(22-33-31(26)37)25-14-9-4-10-15-25/h1,3-7,9-10,12-15,26-29,35H,2,8,11,16-23H2,(H,33,37). The molecule has 2 aliphatic rings. The molecule has 0 bridgehead atoms. The first-order chi connectivity index (χ1) is 19.0. The Morgan fingerprint density at radius 3 is 2.44 bits per heavy atom. The minimum Gasteiger partial charge on any atom is -0.455 e. The van der Waals surface area contributed by atoms with Crippen molar-refractivity contribution in [3.05, 3.63) is 83.9 Å². The Bertz CT molecular complexity index is 1100. The fraction of sp³-hybridized carbons (Fsp3) is 0.469. The summed E-state index contributed by atoms with van der Waals surface area (Å²) in [5, 5.41) is 12.6. The molecule has 0 aliphatic carbocycles. The maximum atomic E-state index is 13.4. The number of likely N-dealkylation sites (tertiary alicyclic amines) is 1. The number of esters is 1. The number of allylic oxidation sites excluding steroid dienone is 2. The van der Waals surface area contributed by atoms with Crippen LogP contribution in [0.2, 0.25) is 0 Å². The van der Waals surface area contributed by atoms with E-state index in [0.717, 1.165) is 36.8 Å². The zero-order chi connectivity index (χ0) is 27.5. The summed E-state index contributed by atoms with van der Waals surface area (Å²) in [7, 11) is 0. The van der Waals surface area contributed by atoms with Crippen molar-refractivity contribution in [1.82, 2.24) is 10.2 Å². The van der Waals surface area contributed by atoms with Gasteiger partial charge in [-0.25, -0.2) is 0 Å². The first kappa shape index (κ1) is 28.6. The molecule has 2 aromatic rings. The highest BCUT2D eigenvalue weighted by molar-refractivity contribution is 5.86. The number of aliphatic hydroxyl groups excluding tert-OH is 1. The van der Waals surface area contributed by atoms with Crippen LogP contribution in [0.25, 0.3) is 0 Å². The van der Waals surface area contributed by atoms with Gasteiger partial charge in [0.1, 0.15) is 6.10 Å². The molecule has 2 amide bonds. The van der Waals surface area contributed by atoms with E-state index < -0.39 is 12.0 Å². The second kappa shape index (κ2) is 14.6. The molecular formula is C32H40N2O5. The molecule has 4 rings (SSSR count). The number of nitrogens with zero attached hydrogens (tertiary/aromatic N) is 1. The van der Waals surface area contributed by atoms with Crippen LogP contribution < -0.4 is 5.32 Å². The molecule has 2 aliphatic heterocycles. The molecule has 0 radical (unpaired) electrons. The molecule has 7 nitrogen and oxygen atoms in total. The van der Waals surface area contributed by atoms with Crippen LogP contribution in [0, 0.1) is 11.8 Å². The predicted octanol–water partition coefficient (Wildman–Crippen LogP) is 4.37. The van der Waals surface area contributed by atoms with Gasteiger partial charge in [0.2, 0.25) is 11.8 Å². The molecule has 4 unspecified atom stereocenters. The molecule has 1 fully saturated rings. The minimum absolute atomic E-state index is 0.0576. The van der Waals surface area contributed by atoms with Gasteiger partial charge in [0.15, 0.2) is 0 Å². The molecule has 208 valence electrons. The third-order valence-electron chi connectivity index (χ3n) is 7.76. The molecule has 2 N–H and O–H groups in total. The highest BCUT2D eigenvalue weighted by Crippen LogP contribution is 2.25. The van der Waals surface area contributed by atoms with Gasteiger partial charge < -0.3 is 20.1 Å². The highest BCUT2D eigenvalue weighted by atomic mass is 16.5. The third-order valence-corrected chi connectivity index (χ3v) is 7.76. The highest BCUT2D eigenvalue weighted by Gasteiger charge is 2.32. The third kappa shape index (κ3) is 8.27. The van der Waals surface area contributed by atoms with Crippen molar-refractivity contribution >= 4 is 17.8 Å². The van der Waals surface area contributed by atoms with Crippen molar-refractivity contribution in [2.75, 3.05) is 19.7 Å². The zero-order valence-electron chi connectivity index (χ0n) is 22.5. The molecule has 7 heteroatoms. The van der Waals surface area contributed by atoms with Gasteiger partial charge in [-0.2, -0.15) is 0 Å². The lowest BCUT2D eigenvalue weighted by Crippen LogP contribution is -2.41. The number of carbonyl (C=O) groups excluding carboxylic acids is 3. The van der Waals surface area contributed by atoms with E-state index in [9.17, 15) is 19.5 Å². The van der Waals surface area contributed by atoms with E-state index in [1.54, 1.807) is 4.90 Å². The van der Waals surface area contributed by atoms with Crippen molar-refractivity contribution in [2.24, 2.45) is 11.8 Å². The van der Waals surface area contributed by atoms with Crippen molar-refractivity contribution < 1.29 is 24.2 Å². The van der Waals surface area contributed by atoms with Gasteiger partial charge in [-0.3, -0.25) is 14.4 Å². The van der Waals surface area contributed by atoms with Gasteiger partial charge in [0.05, 0.1) is 31.0 Å². The van der Waals surface area contributed by atoms with Crippen LogP contribution in [-0.4, -0.2) is 53.5 Å². The van der Waals surface area contributed by atoms with Crippen LogP contribution in [0.4, 0.5) is 0 Å². The van der Waals surface area contributed by atoms with Crippen LogP contribution in [0.1, 0.15) is 62.2 Å². The van der Waals surface area contributed by atoms with Crippen molar-refractivity contribution in [3.63, 3.8) is 0 Å². The van der Waals surface area contributed by atoms with Crippen molar-refractivity contribution in [1.29, 1.82) is 0 Å². The lowest BCUT2D eigenvalue weighted by atomic mass is 9.93. The molecule has 39 heavy (non-hydrogen) atoms. The second-order valence-electron chi connectivity index (χ2n) is 10.6. The summed E-state index contributed by atoms with van der Waals surface area (Å²) < 4.78 is 6.07. The summed E-state index contributed by atoms with van der Waals surface area (Å²) in [5.41, 5.74) is 1.90. The molecule has 2 aromatic carbocycles. The summed E-state index contributed by atoms with van der Waals surface area (Å²) in [6.45, 7) is 0.687. The number of amides is 2. The normalized spacial score (nSPS) is 25.0. The smallest absolute Gasteiger partial charge is 0.309 e. The van der Waals surface area contributed by atoms with Gasteiger partial charge in [-0.15, -0.1) is 0 Å². The number of cyclic esters (lactones) is 1. The molecular weight excluding hydrogens is 492 g/mol. The maximum Gasteiger partial charge on any atom is 0.309 e. The lowest BCUT2D eigenvalue weighted by molar-refractivity contribution is -0.155. The average Bonchev–Trinajstić information content (AvgIpc) is 3.45. The second-order valence-corrected chi connectivity index (χ2v) is 10.6. The van der Waals surface area contributed by atoms with Crippen LogP contribution in [-0.2, 0) is 25.5 Å². The number of ether oxygens (including phenoxy) is 1. The summed E-state index contributed by atoms with van der Waals surface area (Å²) >= 11 is 0. The van der Waals surface area contributed by atoms with E-state index >= 15 is 0 Å². The number of rotatable bonds is 6. The number of nitrogens with one attached hydrogen (secondary N) is 1. The van der Waals surface area contributed by atoms with E-state index in [2.05, 4.69) is 5.32 Å². The van der Waals surface area contributed by atoms with E-state index in [1.165, 1.54) is 0 Å².